The minimum Gasteiger partial charge on any atom is -0.437 e. The SMILES string of the molecule is C[Si](C)(CCCc1ccccc1)O[Si](C)(C)O[Si](C)(C)CCCc1ccccc1. The molecule has 2 rings (SSSR count). The predicted molar refractivity (Wildman–Crippen MR) is 134 cm³/mol. The van der Waals surface area contributed by atoms with Gasteiger partial charge in [0.25, 0.3) is 0 Å². The van der Waals surface area contributed by atoms with Gasteiger partial charge in [-0.25, -0.2) is 0 Å². The van der Waals surface area contributed by atoms with Crippen LogP contribution >= 0.6 is 0 Å². The molecule has 5 heteroatoms. The first-order valence-electron chi connectivity index (χ1n) is 11.1. The number of benzene rings is 2. The molecule has 0 aliphatic heterocycles. The zero-order chi connectivity index (χ0) is 21.4. The Balaban J connectivity index is 1.78. The third kappa shape index (κ3) is 10.0. The molecule has 0 spiro atoms. The molecule has 0 aromatic heterocycles. The van der Waals surface area contributed by atoms with Gasteiger partial charge in [-0.3, -0.25) is 0 Å². The molecule has 2 nitrogen and oxygen atoms in total. The summed E-state index contributed by atoms with van der Waals surface area (Å²) in [5.74, 6) is 0. The molecule has 0 aliphatic carbocycles. The van der Waals surface area contributed by atoms with Crippen LogP contribution in [0.15, 0.2) is 60.7 Å². The highest BCUT2D eigenvalue weighted by molar-refractivity contribution is 6.87. The molecule has 0 aliphatic rings. The Bertz CT molecular complexity index is 654. The molecule has 0 atom stereocenters. The molecule has 160 valence electrons. The first kappa shape index (κ1) is 24.3. The maximum atomic E-state index is 6.75. The van der Waals surface area contributed by atoms with Crippen LogP contribution in [-0.2, 0) is 21.1 Å². The summed E-state index contributed by atoms with van der Waals surface area (Å²) in [4.78, 5) is 0. The lowest BCUT2D eigenvalue weighted by Crippen LogP contribution is -2.52. The summed E-state index contributed by atoms with van der Waals surface area (Å²) in [5, 5.41) is 0. The molecule has 0 amide bonds. The second kappa shape index (κ2) is 10.9. The maximum absolute atomic E-state index is 6.75. The van der Waals surface area contributed by atoms with Crippen LogP contribution in [0.2, 0.25) is 51.4 Å². The summed E-state index contributed by atoms with van der Waals surface area (Å²) < 4.78 is 13.5. The average molecular weight is 445 g/mol. The fraction of sp³-hybridized carbons (Fsp3) is 0.500. The van der Waals surface area contributed by atoms with E-state index >= 15 is 0 Å². The Labute approximate surface area is 182 Å². The highest BCUT2D eigenvalue weighted by atomic mass is 28.5. The number of aryl methyl sites for hydroxylation is 2. The summed E-state index contributed by atoms with van der Waals surface area (Å²) >= 11 is 0. The average Bonchev–Trinajstić information content (AvgIpc) is 2.61. The lowest BCUT2D eigenvalue weighted by molar-refractivity contribution is 0.387. The van der Waals surface area contributed by atoms with Gasteiger partial charge in [0.15, 0.2) is 16.6 Å². The summed E-state index contributed by atoms with van der Waals surface area (Å²) in [7, 11) is -5.54. The van der Waals surface area contributed by atoms with Gasteiger partial charge in [0.1, 0.15) is 0 Å². The zero-order valence-corrected chi connectivity index (χ0v) is 22.3. The third-order valence-electron chi connectivity index (χ3n) is 5.22. The molecule has 0 bridgehead atoms. The van der Waals surface area contributed by atoms with E-state index in [2.05, 4.69) is 99.9 Å². The van der Waals surface area contributed by atoms with Crippen LogP contribution in [0.3, 0.4) is 0 Å². The molecule has 2 aromatic carbocycles. The van der Waals surface area contributed by atoms with Gasteiger partial charge in [0.2, 0.25) is 0 Å². The van der Waals surface area contributed by atoms with Crippen LogP contribution in [0.25, 0.3) is 0 Å². The highest BCUT2D eigenvalue weighted by Crippen LogP contribution is 2.27. The molecule has 0 saturated carbocycles. The minimum absolute atomic E-state index is 1.14. The zero-order valence-electron chi connectivity index (χ0n) is 19.3. The first-order valence-corrected chi connectivity index (χ1v) is 20.1. The third-order valence-corrected chi connectivity index (χ3v) is 16.7. The van der Waals surface area contributed by atoms with E-state index in [0.29, 0.717) is 0 Å². The van der Waals surface area contributed by atoms with Crippen LogP contribution in [0.5, 0.6) is 0 Å². The van der Waals surface area contributed by atoms with Gasteiger partial charge in [-0.15, -0.1) is 0 Å². The van der Waals surface area contributed by atoms with E-state index in [0.717, 1.165) is 12.8 Å². The van der Waals surface area contributed by atoms with E-state index in [1.807, 2.05) is 0 Å². The standard InChI is InChI=1S/C24H40O2Si3/c1-27(2,21-13-19-23-15-9-7-10-16-23)25-29(5,6)26-28(3,4)22-14-20-24-17-11-8-12-18-24/h7-12,15-18H,13-14,19-22H2,1-6H3. The summed E-state index contributed by atoms with van der Waals surface area (Å²) in [5.41, 5.74) is 2.86. The van der Waals surface area contributed by atoms with Crippen LogP contribution < -0.4 is 0 Å². The van der Waals surface area contributed by atoms with Crippen LogP contribution in [0.4, 0.5) is 0 Å². The molecule has 0 heterocycles. The monoisotopic (exact) mass is 444 g/mol. The Morgan fingerprint density at radius 3 is 1.24 bits per heavy atom. The van der Waals surface area contributed by atoms with Crippen molar-refractivity contribution in [2.75, 3.05) is 0 Å². The van der Waals surface area contributed by atoms with Crippen molar-refractivity contribution in [3.63, 3.8) is 0 Å². The van der Waals surface area contributed by atoms with Gasteiger partial charge < -0.3 is 8.23 Å². The summed E-state index contributed by atoms with van der Waals surface area (Å²) in [6.45, 7) is 14.0. The Morgan fingerprint density at radius 2 is 0.897 bits per heavy atom. The molecular formula is C24H40O2Si3. The molecule has 2 aromatic rings. The summed E-state index contributed by atoms with van der Waals surface area (Å²) in [6, 6.07) is 24.0. The van der Waals surface area contributed by atoms with Crippen LogP contribution in [-0.4, -0.2) is 25.2 Å². The number of hydrogen-bond donors (Lipinski definition) is 0. The summed E-state index contributed by atoms with van der Waals surface area (Å²) in [6.07, 6.45) is 4.68. The van der Waals surface area contributed by atoms with Crippen LogP contribution in [0.1, 0.15) is 24.0 Å². The van der Waals surface area contributed by atoms with E-state index < -0.39 is 25.2 Å². The van der Waals surface area contributed by atoms with Crippen molar-refractivity contribution in [2.24, 2.45) is 0 Å². The normalized spacial score (nSPS) is 12.9. The second-order valence-corrected chi connectivity index (χ2v) is 22.3. The number of hydrogen-bond acceptors (Lipinski definition) is 2. The quantitative estimate of drug-likeness (QED) is 0.317. The first-order chi connectivity index (χ1) is 13.6. The Kier molecular flexibility index (Phi) is 9.10. The second-order valence-electron chi connectivity index (χ2n) is 9.80. The van der Waals surface area contributed by atoms with E-state index in [1.165, 1.54) is 36.1 Å². The van der Waals surface area contributed by atoms with Gasteiger partial charge in [-0.1, -0.05) is 60.7 Å². The fourth-order valence-corrected chi connectivity index (χ4v) is 18.2. The Hall–Kier alpha value is -0.989. The van der Waals surface area contributed by atoms with E-state index in [4.69, 9.17) is 8.23 Å². The topological polar surface area (TPSA) is 18.5 Å². The van der Waals surface area contributed by atoms with E-state index in [-0.39, 0.29) is 0 Å². The minimum atomic E-state index is -2.11. The van der Waals surface area contributed by atoms with Crippen molar-refractivity contribution in [1.82, 2.24) is 0 Å². The lowest BCUT2D eigenvalue weighted by Gasteiger charge is -2.39. The Morgan fingerprint density at radius 1 is 0.552 bits per heavy atom. The van der Waals surface area contributed by atoms with E-state index in [1.54, 1.807) is 0 Å². The molecule has 0 radical (unpaired) electrons. The smallest absolute Gasteiger partial charge is 0.311 e. The van der Waals surface area contributed by atoms with Crippen molar-refractivity contribution in [2.45, 2.75) is 77.1 Å². The maximum Gasteiger partial charge on any atom is 0.311 e. The van der Waals surface area contributed by atoms with Gasteiger partial charge in [-0.05, 0) is 88.2 Å². The molecule has 0 unspecified atom stereocenters. The molecule has 0 fully saturated rings. The van der Waals surface area contributed by atoms with Crippen molar-refractivity contribution in [3.05, 3.63) is 71.8 Å². The van der Waals surface area contributed by atoms with E-state index in [9.17, 15) is 0 Å². The molecule has 29 heavy (non-hydrogen) atoms. The van der Waals surface area contributed by atoms with Gasteiger partial charge >= 0.3 is 8.56 Å². The van der Waals surface area contributed by atoms with Crippen molar-refractivity contribution in [3.8, 4) is 0 Å². The lowest BCUT2D eigenvalue weighted by atomic mass is 10.1. The van der Waals surface area contributed by atoms with Gasteiger partial charge in [-0.2, -0.15) is 0 Å². The van der Waals surface area contributed by atoms with Crippen molar-refractivity contribution < 1.29 is 8.23 Å². The molecular weight excluding hydrogens is 405 g/mol. The van der Waals surface area contributed by atoms with Gasteiger partial charge in [0, 0.05) is 0 Å². The van der Waals surface area contributed by atoms with Crippen molar-refractivity contribution in [1.29, 1.82) is 0 Å². The largest absolute Gasteiger partial charge is 0.437 e. The predicted octanol–water partition coefficient (Wildman–Crippen LogP) is 7.40. The molecule has 0 N–H and O–H groups in total. The van der Waals surface area contributed by atoms with Gasteiger partial charge in [0.05, 0.1) is 0 Å². The number of rotatable bonds is 12. The molecule has 0 saturated heterocycles. The van der Waals surface area contributed by atoms with Crippen molar-refractivity contribution >= 4 is 25.2 Å². The fourth-order valence-electron chi connectivity index (χ4n) is 4.18. The van der Waals surface area contributed by atoms with Crippen LogP contribution in [0, 0.1) is 0 Å². The highest BCUT2D eigenvalue weighted by Gasteiger charge is 2.39.